The largest absolute Gasteiger partial charge is 0.366 e. The van der Waals surface area contributed by atoms with Crippen LogP contribution in [0.5, 0.6) is 0 Å². The molecule has 6 nitrogen and oxygen atoms in total. The minimum Gasteiger partial charge on any atom is -0.366 e. The molecule has 1 aliphatic heterocycles. The normalized spacial score (nSPS) is 21.8. The lowest BCUT2D eigenvalue weighted by Crippen LogP contribution is -2.51. The monoisotopic (exact) mass is 278 g/mol. The highest BCUT2D eigenvalue weighted by molar-refractivity contribution is 7.89. The van der Waals surface area contributed by atoms with E-state index in [1.54, 1.807) is 14.1 Å². The van der Waals surface area contributed by atoms with E-state index in [9.17, 15) is 13.2 Å². The smallest absolute Gasteiger partial charge is 0.252 e. The third kappa shape index (κ3) is 3.93. The van der Waals surface area contributed by atoms with Crippen molar-refractivity contribution in [2.45, 2.75) is 25.9 Å². The molecule has 0 bridgehead atoms. The van der Waals surface area contributed by atoms with Crippen molar-refractivity contribution in [2.75, 3.05) is 39.5 Å². The predicted octanol–water partition coefficient (Wildman–Crippen LogP) is -0.0947. The Bertz CT molecular complexity index is 381. The number of hydrogen-bond acceptors (Lipinski definition) is 4. The number of likely N-dealkylation sites (N-methyl/N-ethyl adjacent to an activating group) is 1. The van der Waals surface area contributed by atoms with E-state index in [1.807, 2.05) is 6.92 Å². The van der Waals surface area contributed by atoms with Crippen molar-refractivity contribution in [1.29, 1.82) is 0 Å². The SMILES string of the molecule is CCCCS(=O)(=O)N1CCOC(C(=O)N(C)C)C1. The van der Waals surface area contributed by atoms with Crippen LogP contribution in [0.2, 0.25) is 0 Å². The Morgan fingerprint density at radius 1 is 1.44 bits per heavy atom. The highest BCUT2D eigenvalue weighted by atomic mass is 32.2. The zero-order valence-corrected chi connectivity index (χ0v) is 12.1. The van der Waals surface area contributed by atoms with Crippen LogP contribution in [0.4, 0.5) is 0 Å². The fourth-order valence-electron chi connectivity index (χ4n) is 1.77. The van der Waals surface area contributed by atoms with E-state index >= 15 is 0 Å². The van der Waals surface area contributed by atoms with Crippen molar-refractivity contribution in [3.05, 3.63) is 0 Å². The summed E-state index contributed by atoms with van der Waals surface area (Å²) in [5.74, 6) is -0.0442. The molecule has 1 aliphatic rings. The molecule has 0 aromatic heterocycles. The van der Waals surface area contributed by atoms with Crippen LogP contribution in [0.25, 0.3) is 0 Å². The van der Waals surface area contributed by atoms with E-state index in [0.29, 0.717) is 13.0 Å². The Morgan fingerprint density at radius 2 is 2.11 bits per heavy atom. The summed E-state index contributed by atoms with van der Waals surface area (Å²) in [5.41, 5.74) is 0. The lowest BCUT2D eigenvalue weighted by molar-refractivity contribution is -0.144. The summed E-state index contributed by atoms with van der Waals surface area (Å²) in [6.45, 7) is 2.69. The van der Waals surface area contributed by atoms with Crippen molar-refractivity contribution in [2.24, 2.45) is 0 Å². The van der Waals surface area contributed by atoms with Crippen LogP contribution in [-0.2, 0) is 19.6 Å². The number of amides is 1. The second-order valence-electron chi connectivity index (χ2n) is 4.62. The van der Waals surface area contributed by atoms with Gasteiger partial charge in [-0.15, -0.1) is 0 Å². The van der Waals surface area contributed by atoms with Crippen LogP contribution < -0.4 is 0 Å². The second kappa shape index (κ2) is 6.49. The van der Waals surface area contributed by atoms with E-state index in [-0.39, 0.29) is 24.8 Å². The first-order chi connectivity index (χ1) is 8.38. The average Bonchev–Trinajstić information content (AvgIpc) is 2.35. The number of sulfonamides is 1. The molecule has 1 unspecified atom stereocenters. The fourth-order valence-corrected chi connectivity index (χ4v) is 3.40. The van der Waals surface area contributed by atoms with Gasteiger partial charge in [0.1, 0.15) is 6.10 Å². The molecule has 1 saturated heterocycles. The summed E-state index contributed by atoms with van der Waals surface area (Å²) in [6.07, 6.45) is 0.806. The lowest BCUT2D eigenvalue weighted by Gasteiger charge is -2.32. The van der Waals surface area contributed by atoms with Crippen molar-refractivity contribution in [1.82, 2.24) is 9.21 Å². The van der Waals surface area contributed by atoms with Gasteiger partial charge in [0.25, 0.3) is 5.91 Å². The molecule has 1 rings (SSSR count). The predicted molar refractivity (Wildman–Crippen MR) is 68.7 cm³/mol. The van der Waals surface area contributed by atoms with Crippen LogP contribution in [-0.4, -0.2) is 69.2 Å². The van der Waals surface area contributed by atoms with Gasteiger partial charge < -0.3 is 9.64 Å². The fraction of sp³-hybridized carbons (Fsp3) is 0.909. The van der Waals surface area contributed by atoms with Gasteiger partial charge in [-0.2, -0.15) is 4.31 Å². The maximum atomic E-state index is 12.0. The molecule has 106 valence electrons. The molecular formula is C11H22N2O4S. The third-order valence-electron chi connectivity index (χ3n) is 2.89. The van der Waals surface area contributed by atoms with Crippen molar-refractivity contribution in [3.63, 3.8) is 0 Å². The molecule has 1 heterocycles. The lowest BCUT2D eigenvalue weighted by atomic mass is 10.3. The molecule has 0 N–H and O–H groups in total. The maximum Gasteiger partial charge on any atom is 0.252 e. The van der Waals surface area contributed by atoms with Gasteiger partial charge in [0.15, 0.2) is 0 Å². The van der Waals surface area contributed by atoms with E-state index < -0.39 is 16.1 Å². The number of carbonyl (C=O) groups excluding carboxylic acids is 1. The molecule has 1 fully saturated rings. The Labute approximate surface area is 109 Å². The van der Waals surface area contributed by atoms with E-state index in [1.165, 1.54) is 9.21 Å². The summed E-state index contributed by atoms with van der Waals surface area (Å²) in [7, 11) is 0.0153. The topological polar surface area (TPSA) is 66.9 Å². The van der Waals surface area contributed by atoms with Gasteiger partial charge in [0, 0.05) is 27.2 Å². The van der Waals surface area contributed by atoms with Crippen molar-refractivity contribution < 1.29 is 17.9 Å². The van der Waals surface area contributed by atoms with Crippen LogP contribution in [0.1, 0.15) is 19.8 Å². The Kier molecular flexibility index (Phi) is 5.55. The summed E-state index contributed by atoms with van der Waals surface area (Å²) >= 11 is 0. The highest BCUT2D eigenvalue weighted by Crippen LogP contribution is 2.13. The second-order valence-corrected chi connectivity index (χ2v) is 6.71. The average molecular weight is 278 g/mol. The van der Waals surface area contributed by atoms with Crippen LogP contribution in [0.15, 0.2) is 0 Å². The van der Waals surface area contributed by atoms with Gasteiger partial charge in [-0.3, -0.25) is 4.79 Å². The first kappa shape index (κ1) is 15.4. The van der Waals surface area contributed by atoms with Gasteiger partial charge >= 0.3 is 0 Å². The molecule has 0 radical (unpaired) electrons. The van der Waals surface area contributed by atoms with E-state index in [4.69, 9.17) is 4.74 Å². The van der Waals surface area contributed by atoms with Gasteiger partial charge in [0.05, 0.1) is 12.4 Å². The van der Waals surface area contributed by atoms with E-state index in [0.717, 1.165) is 6.42 Å². The zero-order chi connectivity index (χ0) is 13.8. The summed E-state index contributed by atoms with van der Waals surface area (Å²) in [5, 5.41) is 0. The first-order valence-electron chi connectivity index (χ1n) is 6.19. The molecule has 0 aromatic rings. The number of unbranched alkanes of at least 4 members (excludes halogenated alkanes) is 1. The number of carbonyl (C=O) groups is 1. The van der Waals surface area contributed by atoms with E-state index in [2.05, 4.69) is 0 Å². The molecule has 0 spiro atoms. The molecule has 1 amide bonds. The number of morpholine rings is 1. The minimum atomic E-state index is -3.26. The summed E-state index contributed by atoms with van der Waals surface area (Å²) in [6, 6.07) is 0. The number of nitrogens with zero attached hydrogens (tertiary/aromatic N) is 2. The van der Waals surface area contributed by atoms with Crippen molar-refractivity contribution in [3.8, 4) is 0 Å². The molecule has 0 aromatic carbocycles. The third-order valence-corrected chi connectivity index (χ3v) is 4.82. The molecule has 7 heteroatoms. The summed E-state index contributed by atoms with van der Waals surface area (Å²) < 4.78 is 30.8. The van der Waals surface area contributed by atoms with Crippen LogP contribution in [0, 0.1) is 0 Å². The van der Waals surface area contributed by atoms with Crippen molar-refractivity contribution >= 4 is 15.9 Å². The number of ether oxygens (including phenoxy) is 1. The number of rotatable bonds is 5. The van der Waals surface area contributed by atoms with Gasteiger partial charge in [-0.1, -0.05) is 13.3 Å². The number of hydrogen-bond donors (Lipinski definition) is 0. The maximum absolute atomic E-state index is 12.0. The van der Waals surface area contributed by atoms with Crippen LogP contribution in [0.3, 0.4) is 0 Å². The zero-order valence-electron chi connectivity index (χ0n) is 11.3. The molecular weight excluding hydrogens is 256 g/mol. The highest BCUT2D eigenvalue weighted by Gasteiger charge is 2.33. The van der Waals surface area contributed by atoms with Gasteiger partial charge in [-0.25, -0.2) is 8.42 Å². The Hall–Kier alpha value is -0.660. The molecule has 0 saturated carbocycles. The standard InChI is InChI=1S/C11H22N2O4S/c1-4-5-8-18(15,16)13-6-7-17-10(9-13)11(14)12(2)3/h10H,4-9H2,1-3H3. The van der Waals surface area contributed by atoms with Crippen LogP contribution >= 0.6 is 0 Å². The quantitative estimate of drug-likeness (QED) is 0.704. The molecule has 0 aliphatic carbocycles. The molecule has 18 heavy (non-hydrogen) atoms. The van der Waals surface area contributed by atoms with Gasteiger partial charge in [0.2, 0.25) is 10.0 Å². The minimum absolute atomic E-state index is 0.128. The Balaban J connectivity index is 2.66. The molecule has 1 atom stereocenters. The Morgan fingerprint density at radius 3 is 2.67 bits per heavy atom. The first-order valence-corrected chi connectivity index (χ1v) is 7.80. The summed E-state index contributed by atoms with van der Waals surface area (Å²) in [4.78, 5) is 13.2. The van der Waals surface area contributed by atoms with Gasteiger partial charge in [-0.05, 0) is 6.42 Å².